The Morgan fingerprint density at radius 2 is 1.25 bits per heavy atom. The second kappa shape index (κ2) is 66.8. The van der Waals surface area contributed by atoms with Crippen LogP contribution in [0.15, 0.2) is 356 Å². The van der Waals surface area contributed by atoms with Crippen LogP contribution in [0.4, 0.5) is 0 Å². The lowest BCUT2D eigenvalue weighted by Crippen LogP contribution is -2.22. The van der Waals surface area contributed by atoms with Crippen molar-refractivity contribution in [3.05, 3.63) is 337 Å². The summed E-state index contributed by atoms with van der Waals surface area (Å²) < 4.78 is 23.0. The molecule has 0 radical (unpaired) electrons. The number of fused-ring (bicyclic) bond motifs is 4. The van der Waals surface area contributed by atoms with E-state index in [0.717, 1.165) is 40.3 Å². The van der Waals surface area contributed by atoms with Gasteiger partial charge < -0.3 is 64.6 Å². The van der Waals surface area contributed by atoms with Crippen LogP contribution >= 0.6 is 34.6 Å². The van der Waals surface area contributed by atoms with E-state index >= 15 is 0 Å². The molecule has 18 aromatic rings. The van der Waals surface area contributed by atoms with Crippen LogP contribution in [0.3, 0.4) is 0 Å². The molecule has 17 aromatic heterocycles. The Morgan fingerprint density at radius 1 is 0.495 bits per heavy atom. The number of benzene rings is 1. The van der Waals surface area contributed by atoms with Gasteiger partial charge in [-0.3, -0.25) is 30.3 Å². The molecule has 111 heavy (non-hydrogen) atoms. The number of imidazole rings is 4. The molecule has 0 bridgehead atoms. The number of hydrazine groups is 2. The van der Waals surface area contributed by atoms with Crippen LogP contribution in [-0.2, 0) is 4.74 Å². The van der Waals surface area contributed by atoms with Crippen LogP contribution in [0.2, 0.25) is 0 Å². The van der Waals surface area contributed by atoms with E-state index in [1.54, 1.807) is 166 Å². The number of nitrogens with zero attached hydrogens (tertiary/aromatic N) is 23. The Balaban J connectivity index is 0.000000211. The van der Waals surface area contributed by atoms with Crippen molar-refractivity contribution >= 4 is 75.0 Å². The number of oxazole rings is 1. The van der Waals surface area contributed by atoms with Crippen LogP contribution in [0.25, 0.3) is 27.7 Å². The first-order valence-corrected chi connectivity index (χ1v) is 35.1. The Hall–Kier alpha value is -15.2. The van der Waals surface area contributed by atoms with E-state index in [2.05, 4.69) is 193 Å². The molecule has 5 aliphatic heterocycles. The number of thioether (sulfide) groups is 1. The number of nitrogens with one attached hydrogen (secondary N) is 15. The predicted octanol–water partition coefficient (Wildman–Crippen LogP) is 7.79. The molecule has 44 heteroatoms. The van der Waals surface area contributed by atoms with E-state index in [1.165, 1.54) is 55.8 Å². The van der Waals surface area contributed by atoms with E-state index < -0.39 is 0 Å². The van der Waals surface area contributed by atoms with Crippen molar-refractivity contribution in [1.29, 1.82) is 0 Å². The molecule has 41 nitrogen and oxygen atoms in total. The number of rotatable bonds is 0. The zero-order valence-electron chi connectivity index (χ0n) is 59.2. The van der Waals surface area contributed by atoms with Gasteiger partial charge in [0.05, 0.1) is 115 Å². The van der Waals surface area contributed by atoms with Gasteiger partial charge in [-0.25, -0.2) is 54.6 Å². The number of pyridine rings is 3. The fourth-order valence-electron chi connectivity index (χ4n) is 6.51. The SMILES string of the molecule is C1=CNCN1.C1=COCN1.C1=CSCN1.C1=NCNN1.C1=NCNN1.c1c[nH]cn1.c1ccc2[nH]cnc2c1.c1ccn2ccnc2c1.c1ccn2cncc2c1.c1ccn2nccc2c1.c1cn[nH]c1.c1cn[nH]n1.c1cn[nH]n1.c1cnoc1.c1cnsc1.c1cocn1.c1cscn1.c1nc[nH]n1.c1nc[nH]n1. The van der Waals surface area contributed by atoms with Crippen LogP contribution in [0.5, 0.6) is 0 Å². The van der Waals surface area contributed by atoms with Gasteiger partial charge >= 0.3 is 0 Å². The number of aliphatic imine (C=N–C) groups is 2. The van der Waals surface area contributed by atoms with Gasteiger partial charge in [0.2, 0.25) is 0 Å². The van der Waals surface area contributed by atoms with Gasteiger partial charge in [0.15, 0.2) is 13.1 Å². The predicted molar refractivity (Wildman–Crippen MR) is 424 cm³/mol. The van der Waals surface area contributed by atoms with Crippen LogP contribution in [0, 0.1) is 0 Å². The van der Waals surface area contributed by atoms with Crippen LogP contribution < -0.4 is 43.0 Å². The molecular weight excluding hydrogens is 1480 g/mol. The molecule has 0 unspecified atom stereocenters. The molecule has 0 spiro atoms. The summed E-state index contributed by atoms with van der Waals surface area (Å²) in [5.41, 5.74) is 18.0. The quantitative estimate of drug-likeness (QED) is 0.0688. The maximum Gasteiger partial charge on any atom is 0.180 e. The molecule has 22 heterocycles. The minimum Gasteiger partial charge on any atom is -0.479 e. The molecule has 1 aromatic carbocycles. The highest BCUT2D eigenvalue weighted by Gasteiger charge is 1.90. The van der Waals surface area contributed by atoms with Crippen molar-refractivity contribution in [3.8, 4) is 0 Å². The summed E-state index contributed by atoms with van der Waals surface area (Å²) in [4.78, 5) is 43.4. The van der Waals surface area contributed by atoms with E-state index in [-0.39, 0.29) is 0 Å². The molecule has 0 fully saturated rings. The summed E-state index contributed by atoms with van der Waals surface area (Å²) in [5.74, 6) is 1.06. The van der Waals surface area contributed by atoms with Gasteiger partial charge in [-0.1, -0.05) is 35.5 Å². The molecule has 0 atom stereocenters. The second-order valence-electron chi connectivity index (χ2n) is 18.6. The summed E-state index contributed by atoms with van der Waals surface area (Å²) in [6, 6.07) is 33.3. The molecule has 576 valence electrons. The highest BCUT2D eigenvalue weighted by molar-refractivity contribution is 8.02. The van der Waals surface area contributed by atoms with Gasteiger partial charge in [0.25, 0.3) is 0 Å². The van der Waals surface area contributed by atoms with Crippen molar-refractivity contribution in [3.63, 3.8) is 0 Å². The number of ether oxygens (including phenoxy) is 1. The zero-order valence-corrected chi connectivity index (χ0v) is 61.6. The summed E-state index contributed by atoms with van der Waals surface area (Å²) >= 11 is 4.85. The zero-order chi connectivity index (χ0) is 77.5. The molecule has 0 saturated heterocycles. The molecule has 0 aliphatic carbocycles. The lowest BCUT2D eigenvalue weighted by atomic mass is 10.3. The fourth-order valence-corrected chi connectivity index (χ4v) is 7.69. The molecule has 23 rings (SSSR count). The summed E-state index contributed by atoms with van der Waals surface area (Å²) in [6.45, 7) is 2.94. The van der Waals surface area contributed by atoms with Crippen molar-refractivity contribution in [2.75, 3.05) is 32.6 Å². The van der Waals surface area contributed by atoms with Gasteiger partial charge in [0, 0.05) is 110 Å². The average molecular weight is 1560 g/mol. The van der Waals surface area contributed by atoms with Crippen molar-refractivity contribution in [1.82, 2.24) is 182 Å². The van der Waals surface area contributed by atoms with Crippen molar-refractivity contribution < 1.29 is 13.7 Å². The van der Waals surface area contributed by atoms with Crippen molar-refractivity contribution in [2.45, 2.75) is 0 Å². The maximum absolute atomic E-state index is 4.65. The summed E-state index contributed by atoms with van der Waals surface area (Å²) in [5, 5.41) is 61.8. The number of aromatic nitrogens is 28. The smallest absolute Gasteiger partial charge is 0.180 e. The van der Waals surface area contributed by atoms with Gasteiger partial charge in [-0.05, 0) is 89.7 Å². The number of hydrogen-bond donors (Lipinski definition) is 15. The van der Waals surface area contributed by atoms with E-state index in [1.807, 2.05) is 176 Å². The lowest BCUT2D eigenvalue weighted by Gasteiger charge is -1.86. The Morgan fingerprint density at radius 3 is 1.63 bits per heavy atom. The third-order valence-corrected chi connectivity index (χ3v) is 12.8. The lowest BCUT2D eigenvalue weighted by molar-refractivity contribution is 0.267. The molecule has 0 saturated carbocycles. The summed E-state index contributed by atoms with van der Waals surface area (Å²) in [7, 11) is 0. The number of thiazole rings is 1. The molecule has 15 N–H and O–H groups in total. The van der Waals surface area contributed by atoms with E-state index in [4.69, 9.17) is 0 Å². The first-order chi connectivity index (χ1) is 55.4. The monoisotopic (exact) mass is 1560 g/mol. The van der Waals surface area contributed by atoms with Gasteiger partial charge in [-0.15, -0.1) is 23.1 Å². The molecule has 5 aliphatic rings. The van der Waals surface area contributed by atoms with Gasteiger partial charge in [0.1, 0.15) is 63.1 Å². The van der Waals surface area contributed by atoms with Crippen LogP contribution in [-0.4, -0.2) is 184 Å². The van der Waals surface area contributed by atoms with Crippen molar-refractivity contribution in [2.24, 2.45) is 9.98 Å². The number of hydrogen-bond acceptors (Lipinski definition) is 34. The van der Waals surface area contributed by atoms with Gasteiger partial charge in [-0.2, -0.15) is 51.2 Å². The number of para-hydroxylation sites is 2. The van der Waals surface area contributed by atoms with Crippen LogP contribution in [0.1, 0.15) is 0 Å². The molecule has 0 amide bonds. The third-order valence-electron chi connectivity index (χ3n) is 11.1. The summed E-state index contributed by atoms with van der Waals surface area (Å²) in [6.07, 6.45) is 60.9. The number of H-pyrrole nitrogens is 7. The Labute approximate surface area is 646 Å². The standard InChI is InChI=1S/4C7H6N2.C3H6N2.2C3H4N2.C3H5NO.2C3H3NO.C3H5NS.2C3H3NS.2C2H5N3.4C2H3N3/c1-2-6-9-7(3-1)4-5-8-9;1-2-5-9-6-4-8-7(9)3-1;1-2-4-9-6-8-5-7(9)3-1;1-2-4-7-6(3-1)8-5-9-7;2*1-2-5-3-4-1;1-2-4-5-3-1;2*1-2-5-3-4-1;1-2-4-5-3-1;2*1-2-5-3-4-1;1-2-4-5-3-1;4*1-3-2-5-4-1;2*1-2-4-5-3-1/h3*1-6H;1-5H,(H,8,9);1-2,4-5H,3H2;2*1-3H,(H,4,5);1-2,4H,3H2;2*1-3H;1-2,4H,3H2;2*1-3H;2*1,5H,2H2,(H,3,4);4*1-2H,(H,3,4,5). The molecular formula is C67H82N38O3S3. The topological polar surface area (TPSA) is 512 Å². The Bertz CT molecular complexity index is 3650. The highest BCUT2D eigenvalue weighted by Crippen LogP contribution is 2.06. The largest absolute Gasteiger partial charge is 0.479 e. The minimum atomic E-state index is 0.639. The first kappa shape index (κ1) is 86.5. The second-order valence-corrected chi connectivity index (χ2v) is 21.0. The highest BCUT2D eigenvalue weighted by atomic mass is 32.2. The third kappa shape index (κ3) is 50.0. The van der Waals surface area contributed by atoms with E-state index in [0.29, 0.717) is 20.1 Å². The normalized spacial score (nSPS) is 11.1. The van der Waals surface area contributed by atoms with E-state index in [9.17, 15) is 0 Å². The fraction of sp³-hybridized carbons (Fsp3) is 0.0746. The average Bonchev–Trinajstić information content (AvgIpc) is 1.77. The Kier molecular flexibility index (Phi) is 52.0. The minimum absolute atomic E-state index is 0.639. The number of aromatic amines is 7. The first-order valence-electron chi connectivity index (χ1n) is 32.3. The maximum atomic E-state index is 4.65.